The predicted molar refractivity (Wildman–Crippen MR) is 130 cm³/mol. The van der Waals surface area contributed by atoms with Gasteiger partial charge >= 0.3 is 0 Å². The van der Waals surface area contributed by atoms with Gasteiger partial charge in [0.15, 0.2) is 0 Å². The molecule has 178 valence electrons. The molecule has 0 saturated heterocycles. The van der Waals surface area contributed by atoms with Crippen molar-refractivity contribution < 1.29 is 8.87 Å². The van der Waals surface area contributed by atoms with E-state index in [-0.39, 0.29) is 35.2 Å². The van der Waals surface area contributed by atoms with Gasteiger partial charge in [0.05, 0.1) is 34.0 Å². The number of benzene rings is 2. The van der Waals surface area contributed by atoms with Crippen molar-refractivity contribution in [1.29, 1.82) is 0 Å². The number of anilines is 1. The van der Waals surface area contributed by atoms with E-state index in [1.165, 1.54) is 23.9 Å². The van der Waals surface area contributed by atoms with Crippen molar-refractivity contribution in [2.75, 3.05) is 18.9 Å². The van der Waals surface area contributed by atoms with Gasteiger partial charge in [-0.3, -0.25) is 10.4 Å². The highest BCUT2D eigenvalue weighted by molar-refractivity contribution is 5.86. The molecule has 3 aromatic rings. The van der Waals surface area contributed by atoms with E-state index in [0.29, 0.717) is 27.5 Å². The fourth-order valence-electron chi connectivity index (χ4n) is 3.08. The Labute approximate surface area is 195 Å². The summed E-state index contributed by atoms with van der Waals surface area (Å²) in [6, 6.07) is 9.88. The number of hydrogen-bond donors (Lipinski definition) is 4. The van der Waals surface area contributed by atoms with Crippen LogP contribution >= 0.6 is 0 Å². The molecule has 10 nitrogen and oxygen atoms in total. The highest BCUT2D eigenvalue weighted by Gasteiger charge is 2.19. The van der Waals surface area contributed by atoms with Crippen LogP contribution in [0.4, 0.5) is 14.6 Å². The summed E-state index contributed by atoms with van der Waals surface area (Å²) in [5, 5.41) is 12.8. The van der Waals surface area contributed by atoms with E-state index in [1.54, 1.807) is 19.1 Å². The minimum Gasteiger partial charge on any atom is -0.352 e. The molecule has 34 heavy (non-hydrogen) atoms. The van der Waals surface area contributed by atoms with Gasteiger partial charge in [-0.1, -0.05) is 41.6 Å². The first-order valence-electron chi connectivity index (χ1n) is 10.1. The molecule has 6 N–H and O–H groups in total. The molecule has 0 aliphatic heterocycles. The molecule has 1 aromatic heterocycles. The Morgan fingerprint density at radius 1 is 1.24 bits per heavy atom. The van der Waals surface area contributed by atoms with Crippen LogP contribution in [0.1, 0.15) is 12.5 Å². The number of fused-ring (bicyclic) bond motifs is 1. The van der Waals surface area contributed by atoms with Crippen molar-refractivity contribution in [2.24, 2.45) is 16.7 Å². The van der Waals surface area contributed by atoms with Crippen LogP contribution in [-0.4, -0.2) is 44.7 Å². The molecule has 0 amide bonds. The number of nitrogens with zero attached hydrogens (tertiary/aromatic N) is 6. The first-order valence-corrected chi connectivity index (χ1v) is 10.1. The average molecular weight is 469 g/mol. The highest BCUT2D eigenvalue weighted by Crippen LogP contribution is 2.31. The molecule has 1 heterocycles. The monoisotopic (exact) mass is 468 g/mol. The normalized spacial score (nSPS) is 11.3. The van der Waals surface area contributed by atoms with Gasteiger partial charge in [0.2, 0.25) is 5.96 Å². The lowest BCUT2D eigenvalue weighted by Crippen LogP contribution is -2.46. The molecule has 0 aliphatic rings. The molecule has 0 atom stereocenters. The van der Waals surface area contributed by atoms with Crippen LogP contribution < -0.4 is 22.4 Å². The van der Waals surface area contributed by atoms with Gasteiger partial charge in [0.1, 0.15) is 11.3 Å². The third kappa shape index (κ3) is 4.87. The van der Waals surface area contributed by atoms with E-state index in [4.69, 9.17) is 11.7 Å². The van der Waals surface area contributed by atoms with Gasteiger partial charge in [-0.2, -0.15) is 0 Å². The number of aromatic nitrogens is 3. The number of para-hydroxylation sites is 1. The number of nitrogens with two attached hydrogens (primary N) is 2. The first kappa shape index (κ1) is 24.4. The van der Waals surface area contributed by atoms with Crippen molar-refractivity contribution in [3.8, 4) is 5.69 Å². The summed E-state index contributed by atoms with van der Waals surface area (Å²) in [4.78, 5) is 4.14. The summed E-state index contributed by atoms with van der Waals surface area (Å²) in [7, 11) is 1.50. The minimum absolute atomic E-state index is 0.0130. The van der Waals surface area contributed by atoms with Crippen LogP contribution in [0.25, 0.3) is 22.4 Å². The molecule has 3 rings (SSSR count). The van der Waals surface area contributed by atoms with Gasteiger partial charge in [0.25, 0.3) is 0 Å². The molecule has 0 aliphatic carbocycles. The van der Waals surface area contributed by atoms with Crippen LogP contribution in [0.3, 0.4) is 0 Å². The predicted octanol–water partition coefficient (Wildman–Crippen LogP) is 2.80. The van der Waals surface area contributed by atoms with Gasteiger partial charge in [-0.25, -0.2) is 30.9 Å². The number of halogens is 2. The van der Waals surface area contributed by atoms with Crippen molar-refractivity contribution in [2.45, 2.75) is 6.92 Å². The topological polar surface area (TPSA) is 126 Å². The fraction of sp³-hybridized carbons (Fsp3) is 0.136. The van der Waals surface area contributed by atoms with E-state index in [2.05, 4.69) is 45.8 Å². The van der Waals surface area contributed by atoms with Gasteiger partial charge < -0.3 is 5.32 Å². The maximum absolute atomic E-state index is 15.3. The molecule has 0 bridgehead atoms. The number of nitrogens with one attached hydrogen (secondary N) is 2. The minimum atomic E-state index is -0.643. The number of rotatable bonds is 8. The van der Waals surface area contributed by atoms with Crippen LogP contribution in [0.5, 0.6) is 0 Å². The number of guanidine groups is 1. The van der Waals surface area contributed by atoms with E-state index in [0.717, 1.165) is 5.01 Å². The Kier molecular flexibility index (Phi) is 7.24. The molecule has 0 saturated carbocycles. The largest absolute Gasteiger partial charge is 0.352 e. The lowest BCUT2D eigenvalue weighted by molar-refractivity contribution is 0.0825. The standard InChI is InChI=1S/C22H26F2N10/c1-6-33(24)15(4)13(2)27-19-11-16(14(3)28-22(29-25)32(5)26)17(23)12-21(19)34-20-10-8-7-9-18(20)30-31-34/h7-12,27H,2-4,6,25-26H2,1,5H3,(H,28,29). The molecule has 0 fully saturated rings. The first-order chi connectivity index (χ1) is 16.2. The molecule has 12 heteroatoms. The van der Waals surface area contributed by atoms with Gasteiger partial charge in [0, 0.05) is 25.2 Å². The smallest absolute Gasteiger partial charge is 0.227 e. The van der Waals surface area contributed by atoms with Crippen LogP contribution in [-0.2, 0) is 0 Å². The zero-order valence-corrected chi connectivity index (χ0v) is 18.9. The van der Waals surface area contributed by atoms with E-state index in [9.17, 15) is 4.48 Å². The summed E-state index contributed by atoms with van der Waals surface area (Å²) in [5.41, 5.74) is 4.44. The number of hydrazine groups is 2. The Balaban J connectivity index is 2.15. The third-order valence-electron chi connectivity index (χ3n) is 4.88. The second-order valence-corrected chi connectivity index (χ2v) is 7.21. The average Bonchev–Trinajstić information content (AvgIpc) is 3.25. The van der Waals surface area contributed by atoms with Crippen LogP contribution in [0, 0.1) is 5.82 Å². The molecule has 0 unspecified atom stereocenters. The third-order valence-corrected chi connectivity index (χ3v) is 4.88. The summed E-state index contributed by atoms with van der Waals surface area (Å²) >= 11 is 0. The SMILES string of the molecule is C=C(Nc1cc(C(=C)N=C(NN)N(C)N)c(F)cc1-n1nnc2ccccc21)C(=C)N(F)CC. The van der Waals surface area contributed by atoms with E-state index < -0.39 is 5.82 Å². The summed E-state index contributed by atoms with van der Waals surface area (Å²) in [6.07, 6.45) is 0. The van der Waals surface area contributed by atoms with Crippen molar-refractivity contribution in [1.82, 2.24) is 30.6 Å². The van der Waals surface area contributed by atoms with Crippen LogP contribution in [0.2, 0.25) is 0 Å². The zero-order valence-electron chi connectivity index (χ0n) is 18.9. The fourth-order valence-corrected chi connectivity index (χ4v) is 3.08. The van der Waals surface area contributed by atoms with Crippen molar-refractivity contribution in [3.63, 3.8) is 0 Å². The Hall–Kier alpha value is -4.29. The van der Waals surface area contributed by atoms with E-state index >= 15 is 4.39 Å². The van der Waals surface area contributed by atoms with E-state index in [1.807, 2.05) is 12.1 Å². The molecular weight excluding hydrogens is 442 g/mol. The van der Waals surface area contributed by atoms with Gasteiger partial charge in [-0.15, -0.1) is 5.10 Å². The second kappa shape index (κ2) is 10.1. The maximum Gasteiger partial charge on any atom is 0.227 e. The van der Waals surface area contributed by atoms with Crippen LogP contribution in [0.15, 0.2) is 72.5 Å². The Morgan fingerprint density at radius 3 is 2.59 bits per heavy atom. The molecule has 2 aromatic carbocycles. The summed E-state index contributed by atoms with van der Waals surface area (Å²) in [5.74, 6) is 10.5. The highest BCUT2D eigenvalue weighted by atomic mass is 19.2. The van der Waals surface area contributed by atoms with Gasteiger partial charge in [-0.05, 0) is 25.1 Å². The maximum atomic E-state index is 15.3. The Bertz CT molecular complexity index is 1280. The summed E-state index contributed by atoms with van der Waals surface area (Å²) < 4.78 is 30.8. The van der Waals surface area contributed by atoms with Crippen molar-refractivity contribution in [3.05, 3.63) is 78.9 Å². The lowest BCUT2D eigenvalue weighted by Gasteiger charge is -2.20. The number of likely N-dealkylation sites (N-methyl/N-ethyl adjacent to an activating group) is 1. The quantitative estimate of drug-likeness (QED) is 0.0993. The molecule has 0 radical (unpaired) electrons. The Morgan fingerprint density at radius 2 is 1.94 bits per heavy atom. The number of aliphatic imine (C=N–C) groups is 1. The second-order valence-electron chi connectivity index (χ2n) is 7.21. The lowest BCUT2D eigenvalue weighted by atomic mass is 10.1. The zero-order chi connectivity index (χ0) is 25.0. The molecule has 0 spiro atoms. The number of hydrogen-bond acceptors (Lipinski definition) is 7. The molecular formula is C22H26F2N10. The van der Waals surface area contributed by atoms with Crippen molar-refractivity contribution >= 4 is 28.4 Å². The summed E-state index contributed by atoms with van der Waals surface area (Å²) in [6.45, 7) is 13.1.